The lowest BCUT2D eigenvalue weighted by Crippen LogP contribution is -2.24. The van der Waals surface area contributed by atoms with Gasteiger partial charge in [0.25, 0.3) is 5.91 Å². The van der Waals surface area contributed by atoms with E-state index in [0.717, 1.165) is 10.0 Å². The van der Waals surface area contributed by atoms with Crippen LogP contribution in [0, 0.1) is 18.8 Å². The first-order valence-electron chi connectivity index (χ1n) is 4.59. The second-order valence-corrected chi connectivity index (χ2v) is 3.95. The molecule has 0 radical (unpaired) electrons. The van der Waals surface area contributed by atoms with E-state index < -0.39 is 0 Å². The molecule has 0 aromatic heterocycles. The van der Waals surface area contributed by atoms with Gasteiger partial charge in [0, 0.05) is 4.47 Å². The van der Waals surface area contributed by atoms with Crippen LogP contribution in [0.25, 0.3) is 0 Å². The Labute approximate surface area is 98.2 Å². The largest absolute Gasteiger partial charge is 0.341 e. The maximum Gasteiger partial charge on any atom is 0.253 e. The van der Waals surface area contributed by atoms with Crippen LogP contribution >= 0.6 is 15.9 Å². The highest BCUT2D eigenvalue weighted by Gasteiger charge is 2.08. The van der Waals surface area contributed by atoms with E-state index in [1.54, 1.807) is 6.92 Å². The van der Waals surface area contributed by atoms with E-state index in [1.807, 2.05) is 25.1 Å². The Bertz CT molecular complexity index is 429. The molecule has 0 fully saturated rings. The Balaban J connectivity index is 2.80. The molecule has 1 N–H and O–H groups in total. The van der Waals surface area contributed by atoms with Gasteiger partial charge in [-0.2, -0.15) is 0 Å². The van der Waals surface area contributed by atoms with Crippen molar-refractivity contribution in [3.05, 3.63) is 33.8 Å². The molecule has 1 aromatic carbocycles. The lowest BCUT2D eigenvalue weighted by Gasteiger charge is -2.05. The molecule has 1 amide bonds. The molecule has 0 unspecified atom stereocenters. The van der Waals surface area contributed by atoms with E-state index in [2.05, 4.69) is 33.1 Å². The maximum atomic E-state index is 11.7. The van der Waals surface area contributed by atoms with Gasteiger partial charge < -0.3 is 5.32 Å². The first-order valence-corrected chi connectivity index (χ1v) is 5.38. The Morgan fingerprint density at radius 1 is 1.53 bits per heavy atom. The Morgan fingerprint density at radius 2 is 2.27 bits per heavy atom. The molecule has 2 nitrogen and oxygen atoms in total. The van der Waals surface area contributed by atoms with E-state index in [1.165, 1.54) is 0 Å². The maximum absolute atomic E-state index is 11.7. The van der Waals surface area contributed by atoms with Crippen LogP contribution in [-0.2, 0) is 0 Å². The first kappa shape index (κ1) is 11.8. The Kier molecular flexibility index (Phi) is 4.38. The quantitative estimate of drug-likeness (QED) is 0.819. The molecule has 0 spiro atoms. The third-order valence-electron chi connectivity index (χ3n) is 1.88. The van der Waals surface area contributed by atoms with Gasteiger partial charge in [0.2, 0.25) is 0 Å². The van der Waals surface area contributed by atoms with Crippen LogP contribution in [0.5, 0.6) is 0 Å². The summed E-state index contributed by atoms with van der Waals surface area (Å²) in [6.07, 6.45) is 0. The van der Waals surface area contributed by atoms with Gasteiger partial charge in [0.15, 0.2) is 0 Å². The fourth-order valence-corrected chi connectivity index (χ4v) is 1.55. The van der Waals surface area contributed by atoms with Crippen molar-refractivity contribution in [2.45, 2.75) is 13.8 Å². The predicted octanol–water partition coefficient (Wildman–Crippen LogP) is 2.51. The zero-order valence-electron chi connectivity index (χ0n) is 8.73. The molecule has 0 saturated carbocycles. The van der Waals surface area contributed by atoms with Crippen LogP contribution in [-0.4, -0.2) is 12.5 Å². The van der Waals surface area contributed by atoms with Crippen molar-refractivity contribution in [2.24, 2.45) is 0 Å². The molecule has 0 saturated heterocycles. The zero-order chi connectivity index (χ0) is 11.3. The molecule has 3 heteroatoms. The summed E-state index contributed by atoms with van der Waals surface area (Å²) in [5.41, 5.74) is 1.71. The third kappa shape index (κ3) is 3.41. The zero-order valence-corrected chi connectivity index (χ0v) is 10.3. The number of carbonyl (C=O) groups excluding carboxylic acids is 1. The number of nitrogens with one attached hydrogen (secondary N) is 1. The van der Waals surface area contributed by atoms with Crippen molar-refractivity contribution in [2.75, 3.05) is 6.54 Å². The summed E-state index contributed by atoms with van der Waals surface area (Å²) in [6, 6.07) is 5.67. The number of amides is 1. The normalized spacial score (nSPS) is 9.00. The van der Waals surface area contributed by atoms with Crippen molar-refractivity contribution in [1.29, 1.82) is 0 Å². The van der Waals surface area contributed by atoms with Gasteiger partial charge in [-0.1, -0.05) is 17.6 Å². The number of rotatable bonds is 2. The highest BCUT2D eigenvalue weighted by atomic mass is 79.9. The SMILES string of the molecule is CC#CCNC(=O)c1cc(C)ccc1Br. The van der Waals surface area contributed by atoms with E-state index in [4.69, 9.17) is 0 Å². The lowest BCUT2D eigenvalue weighted by atomic mass is 10.1. The molecule has 0 aliphatic heterocycles. The van der Waals surface area contributed by atoms with Gasteiger partial charge in [-0.15, -0.1) is 5.92 Å². The summed E-state index contributed by atoms with van der Waals surface area (Å²) in [5.74, 6) is 5.41. The van der Waals surface area contributed by atoms with Gasteiger partial charge >= 0.3 is 0 Å². The summed E-state index contributed by atoms with van der Waals surface area (Å²) in [5, 5.41) is 2.73. The van der Waals surface area contributed by atoms with Crippen LogP contribution in [0.3, 0.4) is 0 Å². The number of hydrogen-bond donors (Lipinski definition) is 1. The lowest BCUT2D eigenvalue weighted by molar-refractivity contribution is 0.0958. The van der Waals surface area contributed by atoms with Crippen molar-refractivity contribution < 1.29 is 4.79 Å². The van der Waals surface area contributed by atoms with Crippen molar-refractivity contribution in [3.63, 3.8) is 0 Å². The molecule has 1 aromatic rings. The van der Waals surface area contributed by atoms with E-state index in [0.29, 0.717) is 12.1 Å². The molecular formula is C12H12BrNO. The Morgan fingerprint density at radius 3 is 2.93 bits per heavy atom. The van der Waals surface area contributed by atoms with E-state index in [9.17, 15) is 4.79 Å². The summed E-state index contributed by atoms with van der Waals surface area (Å²) in [4.78, 5) is 11.7. The van der Waals surface area contributed by atoms with Gasteiger partial charge in [-0.05, 0) is 41.9 Å². The van der Waals surface area contributed by atoms with Crippen LogP contribution < -0.4 is 5.32 Å². The minimum Gasteiger partial charge on any atom is -0.341 e. The molecule has 0 aliphatic carbocycles. The fraction of sp³-hybridized carbons (Fsp3) is 0.250. The second-order valence-electron chi connectivity index (χ2n) is 3.09. The van der Waals surface area contributed by atoms with Crippen LogP contribution in [0.4, 0.5) is 0 Å². The number of benzene rings is 1. The summed E-state index contributed by atoms with van der Waals surface area (Å²) >= 11 is 3.34. The fourth-order valence-electron chi connectivity index (χ4n) is 1.12. The van der Waals surface area contributed by atoms with E-state index in [-0.39, 0.29) is 5.91 Å². The highest BCUT2D eigenvalue weighted by Crippen LogP contribution is 2.17. The van der Waals surface area contributed by atoms with Crippen LogP contribution in [0.2, 0.25) is 0 Å². The van der Waals surface area contributed by atoms with Crippen LogP contribution in [0.15, 0.2) is 22.7 Å². The molecular weight excluding hydrogens is 254 g/mol. The summed E-state index contributed by atoms with van der Waals surface area (Å²) in [6.45, 7) is 4.08. The van der Waals surface area contributed by atoms with Gasteiger partial charge in [0.05, 0.1) is 12.1 Å². The number of carbonyl (C=O) groups is 1. The average molecular weight is 266 g/mol. The predicted molar refractivity (Wildman–Crippen MR) is 64.7 cm³/mol. The van der Waals surface area contributed by atoms with Gasteiger partial charge in [-0.3, -0.25) is 4.79 Å². The highest BCUT2D eigenvalue weighted by molar-refractivity contribution is 9.10. The van der Waals surface area contributed by atoms with Crippen LogP contribution in [0.1, 0.15) is 22.8 Å². The second kappa shape index (κ2) is 5.57. The smallest absolute Gasteiger partial charge is 0.253 e. The Hall–Kier alpha value is -1.27. The molecule has 15 heavy (non-hydrogen) atoms. The molecule has 1 rings (SSSR count). The number of aryl methyl sites for hydroxylation is 1. The summed E-state index contributed by atoms with van der Waals surface area (Å²) < 4.78 is 0.801. The average Bonchev–Trinajstić information content (AvgIpc) is 2.22. The van der Waals surface area contributed by atoms with Crippen molar-refractivity contribution in [1.82, 2.24) is 5.32 Å². The van der Waals surface area contributed by atoms with Crippen molar-refractivity contribution >= 4 is 21.8 Å². The van der Waals surface area contributed by atoms with Gasteiger partial charge in [0.1, 0.15) is 0 Å². The molecule has 0 heterocycles. The number of halogens is 1. The number of hydrogen-bond acceptors (Lipinski definition) is 1. The standard InChI is InChI=1S/C12H12BrNO/c1-3-4-7-14-12(15)10-8-9(2)5-6-11(10)13/h5-6,8H,7H2,1-2H3,(H,14,15). The summed E-state index contributed by atoms with van der Waals surface area (Å²) in [7, 11) is 0. The molecule has 0 atom stereocenters. The monoisotopic (exact) mass is 265 g/mol. The first-order chi connectivity index (χ1) is 7.15. The molecule has 78 valence electrons. The molecule has 0 aliphatic rings. The minimum absolute atomic E-state index is 0.103. The minimum atomic E-state index is -0.103. The van der Waals surface area contributed by atoms with Crippen molar-refractivity contribution in [3.8, 4) is 11.8 Å². The topological polar surface area (TPSA) is 29.1 Å². The third-order valence-corrected chi connectivity index (χ3v) is 2.57. The van der Waals surface area contributed by atoms with Gasteiger partial charge in [-0.25, -0.2) is 0 Å². The van der Waals surface area contributed by atoms with E-state index >= 15 is 0 Å². The molecule has 0 bridgehead atoms.